The zero-order valence-corrected chi connectivity index (χ0v) is 14.5. The van der Waals surface area contributed by atoms with E-state index < -0.39 is 0 Å². The number of nitrogens with one attached hydrogen (secondary N) is 1. The van der Waals surface area contributed by atoms with Gasteiger partial charge in [0.25, 0.3) is 11.8 Å². The standard InChI is InChI=1S/C18H18ClN3O3/c1-12-14(19)3-2-4-15(12)21-17(23)13-5-6-20-16(11-13)18(24)22-7-9-25-10-8-22/h2-6,11H,7-10H2,1H3,(H,21,23). The molecular formula is C18H18ClN3O3. The number of ether oxygens (including phenoxy) is 1. The number of anilines is 1. The third kappa shape index (κ3) is 3.97. The number of rotatable bonds is 3. The number of morpholine rings is 1. The Morgan fingerprint density at radius 1 is 1.24 bits per heavy atom. The molecule has 1 saturated heterocycles. The summed E-state index contributed by atoms with van der Waals surface area (Å²) < 4.78 is 5.25. The van der Waals surface area contributed by atoms with Gasteiger partial charge in [0.2, 0.25) is 0 Å². The number of carbonyl (C=O) groups excluding carboxylic acids is 2. The number of halogens is 1. The first kappa shape index (κ1) is 17.4. The second-order valence-electron chi connectivity index (χ2n) is 5.70. The molecule has 2 heterocycles. The van der Waals surface area contributed by atoms with Crippen molar-refractivity contribution in [2.75, 3.05) is 31.6 Å². The molecule has 7 heteroatoms. The van der Waals surface area contributed by atoms with Crippen LogP contribution in [0.2, 0.25) is 5.02 Å². The van der Waals surface area contributed by atoms with Crippen LogP contribution >= 0.6 is 11.6 Å². The van der Waals surface area contributed by atoms with E-state index >= 15 is 0 Å². The van der Waals surface area contributed by atoms with Crippen LogP contribution in [-0.2, 0) is 4.74 Å². The Morgan fingerprint density at radius 2 is 2.00 bits per heavy atom. The number of pyridine rings is 1. The van der Waals surface area contributed by atoms with Crippen molar-refractivity contribution in [3.63, 3.8) is 0 Å². The van der Waals surface area contributed by atoms with Gasteiger partial charge in [0, 0.05) is 35.6 Å². The lowest BCUT2D eigenvalue weighted by molar-refractivity contribution is 0.0299. The minimum Gasteiger partial charge on any atom is -0.378 e. The van der Waals surface area contributed by atoms with Gasteiger partial charge in [-0.25, -0.2) is 0 Å². The van der Waals surface area contributed by atoms with Gasteiger partial charge < -0.3 is 15.0 Å². The predicted octanol–water partition coefficient (Wildman–Crippen LogP) is 2.77. The van der Waals surface area contributed by atoms with Crippen LogP contribution in [0, 0.1) is 6.92 Å². The predicted molar refractivity (Wildman–Crippen MR) is 95.1 cm³/mol. The number of aromatic nitrogens is 1. The van der Waals surface area contributed by atoms with Gasteiger partial charge in [-0.05, 0) is 36.8 Å². The Hall–Kier alpha value is -2.44. The number of amides is 2. The minimum atomic E-state index is -0.316. The van der Waals surface area contributed by atoms with E-state index in [-0.39, 0.29) is 17.5 Å². The lowest BCUT2D eigenvalue weighted by Gasteiger charge is -2.26. The molecule has 1 aromatic heterocycles. The largest absolute Gasteiger partial charge is 0.378 e. The van der Waals surface area contributed by atoms with Crippen molar-refractivity contribution < 1.29 is 14.3 Å². The normalized spacial score (nSPS) is 14.2. The molecule has 1 fully saturated rings. The topological polar surface area (TPSA) is 71.5 Å². The van der Waals surface area contributed by atoms with Gasteiger partial charge in [-0.1, -0.05) is 17.7 Å². The second kappa shape index (κ2) is 7.63. The zero-order chi connectivity index (χ0) is 17.8. The molecule has 0 aliphatic carbocycles. The summed E-state index contributed by atoms with van der Waals surface area (Å²) in [5, 5.41) is 3.40. The molecule has 0 spiro atoms. The maximum atomic E-state index is 12.5. The highest BCUT2D eigenvalue weighted by Gasteiger charge is 2.20. The van der Waals surface area contributed by atoms with E-state index in [4.69, 9.17) is 16.3 Å². The number of hydrogen-bond acceptors (Lipinski definition) is 4. The molecule has 2 amide bonds. The summed E-state index contributed by atoms with van der Waals surface area (Å²) in [6.45, 7) is 3.91. The maximum absolute atomic E-state index is 12.5. The molecular weight excluding hydrogens is 342 g/mol. The highest BCUT2D eigenvalue weighted by molar-refractivity contribution is 6.31. The van der Waals surface area contributed by atoms with E-state index in [1.165, 1.54) is 12.3 Å². The summed E-state index contributed by atoms with van der Waals surface area (Å²) in [6, 6.07) is 8.39. The lowest BCUT2D eigenvalue weighted by atomic mass is 10.1. The van der Waals surface area contributed by atoms with Gasteiger partial charge in [0.05, 0.1) is 13.2 Å². The van der Waals surface area contributed by atoms with Crippen molar-refractivity contribution in [3.05, 3.63) is 58.4 Å². The van der Waals surface area contributed by atoms with Gasteiger partial charge >= 0.3 is 0 Å². The highest BCUT2D eigenvalue weighted by Crippen LogP contribution is 2.23. The number of benzene rings is 1. The van der Waals surface area contributed by atoms with Crippen molar-refractivity contribution in [1.82, 2.24) is 9.88 Å². The van der Waals surface area contributed by atoms with E-state index in [0.29, 0.717) is 42.6 Å². The zero-order valence-electron chi connectivity index (χ0n) is 13.8. The molecule has 1 aliphatic rings. The molecule has 1 aliphatic heterocycles. The highest BCUT2D eigenvalue weighted by atomic mass is 35.5. The Balaban J connectivity index is 1.77. The number of carbonyl (C=O) groups is 2. The van der Waals surface area contributed by atoms with Crippen molar-refractivity contribution in [1.29, 1.82) is 0 Å². The molecule has 0 atom stereocenters. The molecule has 130 valence electrons. The SMILES string of the molecule is Cc1c(Cl)cccc1NC(=O)c1ccnc(C(=O)N2CCOCC2)c1. The third-order valence-electron chi connectivity index (χ3n) is 4.06. The monoisotopic (exact) mass is 359 g/mol. The van der Waals surface area contributed by atoms with E-state index in [0.717, 1.165) is 5.56 Å². The van der Waals surface area contributed by atoms with E-state index in [2.05, 4.69) is 10.3 Å². The summed E-state index contributed by atoms with van der Waals surface area (Å²) >= 11 is 6.07. The van der Waals surface area contributed by atoms with Crippen molar-refractivity contribution in [2.24, 2.45) is 0 Å². The van der Waals surface area contributed by atoms with Gasteiger partial charge in [-0.2, -0.15) is 0 Å². The summed E-state index contributed by atoms with van der Waals surface area (Å²) in [4.78, 5) is 30.8. The summed E-state index contributed by atoms with van der Waals surface area (Å²) in [7, 11) is 0. The fraction of sp³-hybridized carbons (Fsp3) is 0.278. The average Bonchev–Trinajstić information content (AvgIpc) is 2.65. The van der Waals surface area contributed by atoms with E-state index in [1.807, 2.05) is 6.92 Å². The number of hydrogen-bond donors (Lipinski definition) is 1. The molecule has 25 heavy (non-hydrogen) atoms. The smallest absolute Gasteiger partial charge is 0.272 e. The van der Waals surface area contributed by atoms with Crippen LogP contribution in [0.4, 0.5) is 5.69 Å². The van der Waals surface area contributed by atoms with Crippen molar-refractivity contribution >= 4 is 29.1 Å². The molecule has 0 unspecified atom stereocenters. The Labute approximate surface area is 150 Å². The van der Waals surface area contributed by atoms with Crippen LogP contribution in [0.3, 0.4) is 0 Å². The van der Waals surface area contributed by atoms with Gasteiger partial charge in [0.15, 0.2) is 0 Å². The van der Waals surface area contributed by atoms with Crippen LogP contribution in [-0.4, -0.2) is 48.0 Å². The molecule has 1 aromatic carbocycles. The first-order chi connectivity index (χ1) is 12.1. The summed E-state index contributed by atoms with van der Waals surface area (Å²) in [6.07, 6.45) is 1.47. The molecule has 6 nitrogen and oxygen atoms in total. The van der Waals surface area contributed by atoms with Crippen LogP contribution in [0.15, 0.2) is 36.5 Å². The Kier molecular flexibility index (Phi) is 5.31. The van der Waals surface area contributed by atoms with Crippen molar-refractivity contribution in [2.45, 2.75) is 6.92 Å². The summed E-state index contributed by atoms with van der Waals surface area (Å²) in [5.74, 6) is -0.513. The van der Waals surface area contributed by atoms with Gasteiger partial charge in [0.1, 0.15) is 5.69 Å². The molecule has 2 aromatic rings. The fourth-order valence-corrected chi connectivity index (χ4v) is 2.73. The third-order valence-corrected chi connectivity index (χ3v) is 4.46. The Morgan fingerprint density at radius 3 is 2.76 bits per heavy atom. The molecule has 0 saturated carbocycles. The van der Waals surface area contributed by atoms with Crippen LogP contribution in [0.25, 0.3) is 0 Å². The first-order valence-electron chi connectivity index (χ1n) is 7.96. The maximum Gasteiger partial charge on any atom is 0.272 e. The van der Waals surface area contributed by atoms with E-state index in [9.17, 15) is 9.59 Å². The average molecular weight is 360 g/mol. The van der Waals surface area contributed by atoms with Gasteiger partial charge in [-0.3, -0.25) is 14.6 Å². The molecule has 0 bridgehead atoms. The lowest BCUT2D eigenvalue weighted by Crippen LogP contribution is -2.41. The Bertz CT molecular complexity index is 804. The summed E-state index contributed by atoms with van der Waals surface area (Å²) in [5.41, 5.74) is 2.04. The van der Waals surface area contributed by atoms with Crippen LogP contribution in [0.5, 0.6) is 0 Å². The van der Waals surface area contributed by atoms with Gasteiger partial charge in [-0.15, -0.1) is 0 Å². The molecule has 3 rings (SSSR count). The minimum absolute atomic E-state index is 0.197. The second-order valence-corrected chi connectivity index (χ2v) is 6.11. The fourth-order valence-electron chi connectivity index (χ4n) is 2.55. The van der Waals surface area contributed by atoms with Crippen LogP contribution in [0.1, 0.15) is 26.4 Å². The molecule has 0 radical (unpaired) electrons. The van der Waals surface area contributed by atoms with Crippen LogP contribution < -0.4 is 5.32 Å². The van der Waals surface area contributed by atoms with E-state index in [1.54, 1.807) is 29.2 Å². The van der Waals surface area contributed by atoms with Crippen molar-refractivity contribution in [3.8, 4) is 0 Å². The molecule has 1 N–H and O–H groups in total. The quantitative estimate of drug-likeness (QED) is 0.914. The first-order valence-corrected chi connectivity index (χ1v) is 8.33. The number of nitrogens with zero attached hydrogens (tertiary/aromatic N) is 2.